The van der Waals surface area contributed by atoms with Crippen LogP contribution < -0.4 is 5.32 Å². The average molecular weight is 357 g/mol. The number of benzene rings is 2. The Morgan fingerprint density at radius 3 is 2.68 bits per heavy atom. The van der Waals surface area contributed by atoms with E-state index in [0.29, 0.717) is 17.5 Å². The number of amides is 1. The maximum Gasteiger partial charge on any atom is 0.237 e. The van der Waals surface area contributed by atoms with E-state index in [1.165, 1.54) is 23.9 Å². The van der Waals surface area contributed by atoms with Gasteiger partial charge in [0.05, 0.1) is 16.7 Å². The van der Waals surface area contributed by atoms with E-state index >= 15 is 0 Å². The van der Waals surface area contributed by atoms with E-state index in [1.807, 2.05) is 30.3 Å². The smallest absolute Gasteiger partial charge is 0.237 e. The van der Waals surface area contributed by atoms with Gasteiger partial charge in [-0.15, -0.1) is 11.8 Å². The summed E-state index contributed by atoms with van der Waals surface area (Å²) in [6.07, 6.45) is 0. The van der Waals surface area contributed by atoms with E-state index in [0.717, 1.165) is 5.56 Å². The fourth-order valence-electron chi connectivity index (χ4n) is 2.09. The first kappa shape index (κ1) is 17.2. The number of anilines is 1. The highest BCUT2D eigenvalue weighted by Crippen LogP contribution is 2.21. The summed E-state index contributed by atoms with van der Waals surface area (Å²) in [5.74, 6) is 0.607. The second kappa shape index (κ2) is 7.94. The van der Waals surface area contributed by atoms with Gasteiger partial charge in [0.15, 0.2) is 0 Å². The predicted molar refractivity (Wildman–Crippen MR) is 95.5 cm³/mol. The van der Waals surface area contributed by atoms with Crippen molar-refractivity contribution in [3.05, 3.63) is 66.3 Å². The van der Waals surface area contributed by atoms with Gasteiger partial charge in [-0.3, -0.25) is 4.79 Å². The number of nitrogens with zero attached hydrogens (tertiary/aromatic N) is 2. The third kappa shape index (κ3) is 4.45. The fraction of sp³-hybridized carbons (Fsp3) is 0.167. The Kier molecular flexibility index (Phi) is 5.45. The van der Waals surface area contributed by atoms with Crippen LogP contribution >= 0.6 is 11.8 Å². The molecular formula is C18H16FN3O2S. The largest absolute Gasteiger partial charge is 0.338 e. The van der Waals surface area contributed by atoms with E-state index in [4.69, 9.17) is 4.52 Å². The quantitative estimate of drug-likeness (QED) is 0.718. The Bertz CT molecular complexity index is 854. The van der Waals surface area contributed by atoms with E-state index in [1.54, 1.807) is 19.1 Å². The topological polar surface area (TPSA) is 68.0 Å². The molecular weight excluding hydrogens is 341 g/mol. The molecule has 7 heteroatoms. The summed E-state index contributed by atoms with van der Waals surface area (Å²) in [5.41, 5.74) is 1.04. The van der Waals surface area contributed by atoms with Crippen LogP contribution in [0.25, 0.3) is 11.4 Å². The molecule has 1 unspecified atom stereocenters. The molecule has 0 spiro atoms. The van der Waals surface area contributed by atoms with Gasteiger partial charge in [0.25, 0.3) is 0 Å². The molecule has 2 aromatic carbocycles. The molecule has 0 radical (unpaired) electrons. The molecule has 5 nitrogen and oxygen atoms in total. The molecule has 0 saturated carbocycles. The molecule has 0 aliphatic heterocycles. The number of thioether (sulfide) groups is 1. The van der Waals surface area contributed by atoms with Crippen LogP contribution in [0.2, 0.25) is 0 Å². The van der Waals surface area contributed by atoms with Crippen LogP contribution in [0.3, 0.4) is 0 Å². The summed E-state index contributed by atoms with van der Waals surface area (Å²) in [7, 11) is 0. The summed E-state index contributed by atoms with van der Waals surface area (Å²) in [5, 5.41) is 6.12. The average Bonchev–Trinajstić information content (AvgIpc) is 3.11. The molecule has 0 saturated heterocycles. The molecule has 0 aliphatic carbocycles. The molecule has 3 aromatic rings. The predicted octanol–water partition coefficient (Wildman–Crippen LogP) is 4.14. The maximum atomic E-state index is 13.6. The highest BCUT2D eigenvalue weighted by Gasteiger charge is 2.17. The number of nitrogens with one attached hydrogen (secondary N) is 1. The van der Waals surface area contributed by atoms with Crippen LogP contribution in [0.15, 0.2) is 59.1 Å². The zero-order chi connectivity index (χ0) is 17.6. The second-order valence-corrected chi connectivity index (χ2v) is 6.63. The molecule has 25 heavy (non-hydrogen) atoms. The third-order valence-corrected chi connectivity index (χ3v) is 4.59. The lowest BCUT2D eigenvalue weighted by Gasteiger charge is -2.11. The lowest BCUT2D eigenvalue weighted by molar-refractivity contribution is -0.115. The summed E-state index contributed by atoms with van der Waals surface area (Å²) >= 11 is 1.34. The van der Waals surface area contributed by atoms with Crippen molar-refractivity contribution >= 4 is 23.4 Å². The monoisotopic (exact) mass is 357 g/mol. The molecule has 0 bridgehead atoms. The van der Waals surface area contributed by atoms with Crippen LogP contribution in [0.4, 0.5) is 10.1 Å². The summed E-state index contributed by atoms with van der Waals surface area (Å²) in [6.45, 7) is 1.75. The van der Waals surface area contributed by atoms with Crippen molar-refractivity contribution in [1.29, 1.82) is 0 Å². The highest BCUT2D eigenvalue weighted by molar-refractivity contribution is 7.99. The van der Waals surface area contributed by atoms with Crippen molar-refractivity contribution in [2.24, 2.45) is 0 Å². The van der Waals surface area contributed by atoms with Crippen molar-refractivity contribution in [2.45, 2.75) is 17.9 Å². The van der Waals surface area contributed by atoms with Crippen molar-refractivity contribution in [1.82, 2.24) is 10.1 Å². The Morgan fingerprint density at radius 2 is 1.92 bits per heavy atom. The number of halogens is 1. The first-order valence-electron chi connectivity index (χ1n) is 7.68. The Balaban J connectivity index is 1.55. The minimum absolute atomic E-state index is 0.170. The zero-order valence-corrected chi connectivity index (χ0v) is 14.3. The first-order chi connectivity index (χ1) is 12.1. The van der Waals surface area contributed by atoms with Gasteiger partial charge >= 0.3 is 0 Å². The number of carbonyl (C=O) groups is 1. The van der Waals surface area contributed by atoms with Crippen LogP contribution in [0.5, 0.6) is 0 Å². The van der Waals surface area contributed by atoms with Crippen molar-refractivity contribution < 1.29 is 13.7 Å². The fourth-order valence-corrected chi connectivity index (χ4v) is 2.81. The van der Waals surface area contributed by atoms with E-state index in [9.17, 15) is 9.18 Å². The molecule has 128 valence electrons. The Labute approximate surface area is 148 Å². The Morgan fingerprint density at radius 1 is 1.20 bits per heavy atom. The van der Waals surface area contributed by atoms with Crippen LogP contribution in [0.1, 0.15) is 12.8 Å². The first-order valence-corrected chi connectivity index (χ1v) is 8.73. The third-order valence-electron chi connectivity index (χ3n) is 3.46. The van der Waals surface area contributed by atoms with Gasteiger partial charge in [0.1, 0.15) is 5.82 Å². The molecule has 1 aromatic heterocycles. The number of para-hydroxylation sites is 1. The maximum absolute atomic E-state index is 13.6. The van der Waals surface area contributed by atoms with Crippen molar-refractivity contribution in [3.8, 4) is 11.4 Å². The zero-order valence-electron chi connectivity index (χ0n) is 13.5. The number of carbonyl (C=O) groups excluding carboxylic acids is 1. The normalized spacial score (nSPS) is 11.9. The van der Waals surface area contributed by atoms with Gasteiger partial charge in [0, 0.05) is 5.56 Å². The number of aromatic nitrogens is 2. The van der Waals surface area contributed by atoms with Gasteiger partial charge < -0.3 is 9.84 Å². The molecule has 3 rings (SSSR count). The minimum Gasteiger partial charge on any atom is -0.338 e. The SMILES string of the molecule is CC(SCc1nc(-c2ccccc2)no1)C(=O)Nc1ccccc1F. The van der Waals surface area contributed by atoms with Crippen molar-refractivity contribution in [3.63, 3.8) is 0 Å². The minimum atomic E-state index is -0.461. The molecule has 0 aliphatic rings. The van der Waals surface area contributed by atoms with Gasteiger partial charge in [0.2, 0.25) is 17.6 Å². The highest BCUT2D eigenvalue weighted by atomic mass is 32.2. The van der Waals surface area contributed by atoms with Crippen LogP contribution in [-0.4, -0.2) is 21.3 Å². The van der Waals surface area contributed by atoms with Gasteiger partial charge in [-0.1, -0.05) is 47.6 Å². The van der Waals surface area contributed by atoms with Gasteiger partial charge in [-0.25, -0.2) is 4.39 Å². The second-order valence-electron chi connectivity index (χ2n) is 5.30. The van der Waals surface area contributed by atoms with E-state index in [-0.39, 0.29) is 11.6 Å². The van der Waals surface area contributed by atoms with Gasteiger partial charge in [-0.05, 0) is 19.1 Å². The molecule has 1 heterocycles. The molecule has 0 fully saturated rings. The van der Waals surface area contributed by atoms with Crippen LogP contribution in [-0.2, 0) is 10.5 Å². The van der Waals surface area contributed by atoms with Gasteiger partial charge in [-0.2, -0.15) is 4.98 Å². The van der Waals surface area contributed by atoms with Crippen LogP contribution in [0, 0.1) is 5.82 Å². The summed E-state index contributed by atoms with van der Waals surface area (Å²) < 4.78 is 18.8. The molecule has 1 N–H and O–H groups in total. The number of rotatable bonds is 6. The van der Waals surface area contributed by atoms with E-state index < -0.39 is 11.1 Å². The lowest BCUT2D eigenvalue weighted by Crippen LogP contribution is -2.23. The standard InChI is InChI=1S/C18H16FN3O2S/c1-12(18(23)20-15-10-6-5-9-14(15)19)25-11-16-21-17(22-24-16)13-7-3-2-4-8-13/h2-10,12H,11H2,1H3,(H,20,23). The molecule has 1 amide bonds. The summed E-state index contributed by atoms with van der Waals surface area (Å²) in [4.78, 5) is 16.5. The van der Waals surface area contributed by atoms with E-state index in [2.05, 4.69) is 15.5 Å². The summed E-state index contributed by atoms with van der Waals surface area (Å²) in [6, 6.07) is 15.6. The number of hydrogen-bond acceptors (Lipinski definition) is 5. The lowest BCUT2D eigenvalue weighted by atomic mass is 10.2. The van der Waals surface area contributed by atoms with Crippen molar-refractivity contribution in [2.75, 3.05) is 5.32 Å². The molecule has 1 atom stereocenters. The number of hydrogen-bond donors (Lipinski definition) is 1. The Hall–Kier alpha value is -2.67.